The zero-order valence-corrected chi connectivity index (χ0v) is 11.7. The van der Waals surface area contributed by atoms with Crippen LogP contribution in [-0.4, -0.2) is 31.2 Å². The molecular weight excluding hydrogens is 296 g/mol. The van der Waals surface area contributed by atoms with Gasteiger partial charge in [0.25, 0.3) is 5.91 Å². The van der Waals surface area contributed by atoms with E-state index in [1.54, 1.807) is 12.1 Å². The lowest BCUT2D eigenvalue weighted by Gasteiger charge is -2.01. The number of carbonyl (C=O) groups excluding carboxylic acids is 1. The summed E-state index contributed by atoms with van der Waals surface area (Å²) in [6.07, 6.45) is 3.08. The van der Waals surface area contributed by atoms with E-state index >= 15 is 0 Å². The summed E-state index contributed by atoms with van der Waals surface area (Å²) in [7, 11) is 0. The average molecular weight is 306 g/mol. The van der Waals surface area contributed by atoms with Crippen molar-refractivity contribution in [1.82, 2.24) is 25.3 Å². The highest BCUT2D eigenvalue weighted by molar-refractivity contribution is 6.05. The van der Waals surface area contributed by atoms with E-state index in [1.807, 2.05) is 24.3 Å². The zero-order chi connectivity index (χ0) is 15.6. The van der Waals surface area contributed by atoms with Gasteiger partial charge in [0, 0.05) is 18.0 Å². The maximum Gasteiger partial charge on any atom is 0.257 e. The molecule has 0 bridgehead atoms. The van der Waals surface area contributed by atoms with E-state index in [2.05, 4.69) is 30.6 Å². The maximum absolute atomic E-state index is 12.2. The van der Waals surface area contributed by atoms with Gasteiger partial charge in [-0.15, -0.1) is 0 Å². The minimum absolute atomic E-state index is 0.200. The Kier molecular flexibility index (Phi) is 3.05. The summed E-state index contributed by atoms with van der Waals surface area (Å²) in [5, 5.41) is 10.2. The number of para-hydroxylation sites is 2. The molecule has 3 aromatic heterocycles. The summed E-state index contributed by atoms with van der Waals surface area (Å²) in [5.74, 6) is 0.337. The second-order valence-electron chi connectivity index (χ2n) is 4.75. The number of aromatic amines is 1. The van der Waals surface area contributed by atoms with Crippen LogP contribution in [0.25, 0.3) is 22.6 Å². The number of aromatic nitrogens is 5. The van der Waals surface area contributed by atoms with Crippen molar-refractivity contribution in [2.45, 2.75) is 0 Å². The molecule has 112 valence electrons. The van der Waals surface area contributed by atoms with Crippen LogP contribution in [0.4, 0.5) is 5.82 Å². The molecule has 1 amide bonds. The molecule has 0 radical (unpaired) electrons. The molecule has 0 spiro atoms. The first kappa shape index (κ1) is 13.1. The van der Waals surface area contributed by atoms with Crippen molar-refractivity contribution in [3.63, 3.8) is 0 Å². The first-order valence-corrected chi connectivity index (χ1v) is 6.80. The third-order valence-electron chi connectivity index (χ3n) is 3.28. The summed E-state index contributed by atoms with van der Waals surface area (Å²) in [6, 6.07) is 10.8. The molecule has 0 aliphatic rings. The van der Waals surface area contributed by atoms with Crippen LogP contribution in [0, 0.1) is 0 Å². The predicted molar refractivity (Wildman–Crippen MR) is 81.6 cm³/mol. The number of imidazole rings is 1. The lowest BCUT2D eigenvalue weighted by molar-refractivity contribution is 0.102. The van der Waals surface area contributed by atoms with Crippen molar-refractivity contribution >= 4 is 22.8 Å². The predicted octanol–water partition coefficient (Wildman–Crippen LogP) is 2.26. The number of fused-ring (bicyclic) bond motifs is 1. The molecule has 0 saturated carbocycles. The topological polar surface area (TPSA) is 110 Å². The third-order valence-corrected chi connectivity index (χ3v) is 3.28. The summed E-state index contributed by atoms with van der Waals surface area (Å²) >= 11 is 0. The van der Waals surface area contributed by atoms with Gasteiger partial charge in [-0.3, -0.25) is 9.78 Å². The highest BCUT2D eigenvalue weighted by Gasteiger charge is 2.18. The number of carbonyl (C=O) groups is 1. The molecule has 3 heterocycles. The quantitative estimate of drug-likeness (QED) is 0.601. The fourth-order valence-electron chi connectivity index (χ4n) is 2.17. The molecule has 23 heavy (non-hydrogen) atoms. The van der Waals surface area contributed by atoms with Crippen LogP contribution in [0.3, 0.4) is 0 Å². The highest BCUT2D eigenvalue weighted by Crippen LogP contribution is 2.24. The van der Waals surface area contributed by atoms with E-state index in [-0.39, 0.29) is 11.7 Å². The number of hydrogen-bond acceptors (Lipinski definition) is 6. The van der Waals surface area contributed by atoms with E-state index in [9.17, 15) is 4.79 Å². The Balaban J connectivity index is 1.67. The van der Waals surface area contributed by atoms with E-state index in [4.69, 9.17) is 4.63 Å². The molecule has 2 N–H and O–H groups in total. The number of benzene rings is 1. The summed E-state index contributed by atoms with van der Waals surface area (Å²) in [4.78, 5) is 23.6. The van der Waals surface area contributed by atoms with Gasteiger partial charge in [-0.2, -0.15) is 0 Å². The van der Waals surface area contributed by atoms with Gasteiger partial charge >= 0.3 is 0 Å². The van der Waals surface area contributed by atoms with Crippen molar-refractivity contribution in [1.29, 1.82) is 0 Å². The Morgan fingerprint density at radius 1 is 1.09 bits per heavy atom. The number of pyridine rings is 1. The van der Waals surface area contributed by atoms with Crippen LogP contribution < -0.4 is 5.32 Å². The summed E-state index contributed by atoms with van der Waals surface area (Å²) in [6.45, 7) is 0. The number of nitrogens with one attached hydrogen (secondary N) is 2. The number of H-pyrrole nitrogens is 1. The van der Waals surface area contributed by atoms with Gasteiger partial charge in [0.2, 0.25) is 5.82 Å². The Labute approximate surface area is 129 Å². The SMILES string of the molecule is O=C(Nc1nonc1-c1nc2ccccc2[nH]1)c1ccncc1. The summed E-state index contributed by atoms with van der Waals surface area (Å²) < 4.78 is 4.75. The lowest BCUT2D eigenvalue weighted by Crippen LogP contribution is -2.12. The highest BCUT2D eigenvalue weighted by atomic mass is 16.6. The standard InChI is InChI=1S/C15H10N6O2/c22-15(9-5-7-16-8-6-9)19-14-12(20-23-21-14)13-17-10-3-1-2-4-11(10)18-13/h1-8H,(H,17,18)(H,19,21,22). The number of nitrogens with zero attached hydrogens (tertiary/aromatic N) is 4. The van der Waals surface area contributed by atoms with Gasteiger partial charge < -0.3 is 10.3 Å². The molecule has 4 aromatic rings. The first-order valence-electron chi connectivity index (χ1n) is 6.80. The number of rotatable bonds is 3. The largest absolute Gasteiger partial charge is 0.336 e. The molecule has 1 aromatic carbocycles. The minimum Gasteiger partial charge on any atom is -0.336 e. The van der Waals surface area contributed by atoms with Crippen LogP contribution in [0.15, 0.2) is 53.4 Å². The van der Waals surface area contributed by atoms with Crippen molar-refractivity contribution in [3.05, 3.63) is 54.4 Å². The number of amides is 1. The van der Waals surface area contributed by atoms with Gasteiger partial charge in [0.15, 0.2) is 11.5 Å². The Morgan fingerprint density at radius 3 is 2.74 bits per heavy atom. The molecule has 0 fully saturated rings. The molecular formula is C15H10N6O2. The lowest BCUT2D eigenvalue weighted by atomic mass is 10.2. The van der Waals surface area contributed by atoms with Gasteiger partial charge in [0.05, 0.1) is 11.0 Å². The Morgan fingerprint density at radius 2 is 1.91 bits per heavy atom. The number of anilines is 1. The third kappa shape index (κ3) is 2.42. The van der Waals surface area contributed by atoms with E-state index in [1.165, 1.54) is 12.4 Å². The Hall–Kier alpha value is -3.55. The van der Waals surface area contributed by atoms with Gasteiger partial charge in [-0.05, 0) is 34.6 Å². The second kappa shape index (κ2) is 5.34. The van der Waals surface area contributed by atoms with Crippen molar-refractivity contribution in [2.75, 3.05) is 5.32 Å². The molecule has 0 atom stereocenters. The zero-order valence-electron chi connectivity index (χ0n) is 11.7. The van der Waals surface area contributed by atoms with E-state index < -0.39 is 0 Å². The average Bonchev–Trinajstić information content (AvgIpc) is 3.21. The second-order valence-corrected chi connectivity index (χ2v) is 4.75. The van der Waals surface area contributed by atoms with Crippen LogP contribution in [0.5, 0.6) is 0 Å². The van der Waals surface area contributed by atoms with Gasteiger partial charge in [0.1, 0.15) is 0 Å². The van der Waals surface area contributed by atoms with Crippen molar-refractivity contribution < 1.29 is 9.42 Å². The molecule has 0 aliphatic heterocycles. The monoisotopic (exact) mass is 306 g/mol. The molecule has 0 saturated heterocycles. The van der Waals surface area contributed by atoms with Crippen molar-refractivity contribution in [2.24, 2.45) is 0 Å². The summed E-state index contributed by atoms with van der Waals surface area (Å²) in [5.41, 5.74) is 2.44. The van der Waals surface area contributed by atoms with Crippen LogP contribution in [-0.2, 0) is 0 Å². The van der Waals surface area contributed by atoms with Gasteiger partial charge in [-0.25, -0.2) is 9.61 Å². The van der Waals surface area contributed by atoms with Crippen LogP contribution in [0.1, 0.15) is 10.4 Å². The Bertz CT molecular complexity index is 943. The smallest absolute Gasteiger partial charge is 0.257 e. The molecule has 0 unspecified atom stereocenters. The van der Waals surface area contributed by atoms with E-state index in [0.29, 0.717) is 17.1 Å². The van der Waals surface area contributed by atoms with Crippen LogP contribution in [0.2, 0.25) is 0 Å². The normalized spacial score (nSPS) is 10.8. The number of hydrogen-bond donors (Lipinski definition) is 2. The van der Waals surface area contributed by atoms with Gasteiger partial charge in [-0.1, -0.05) is 12.1 Å². The van der Waals surface area contributed by atoms with Crippen LogP contribution >= 0.6 is 0 Å². The maximum atomic E-state index is 12.2. The first-order chi connectivity index (χ1) is 11.3. The molecule has 8 heteroatoms. The van der Waals surface area contributed by atoms with E-state index in [0.717, 1.165) is 11.0 Å². The molecule has 8 nitrogen and oxygen atoms in total. The fraction of sp³-hybridized carbons (Fsp3) is 0. The van der Waals surface area contributed by atoms with Crippen molar-refractivity contribution in [3.8, 4) is 11.5 Å². The minimum atomic E-state index is -0.333. The molecule has 0 aliphatic carbocycles. The molecule has 4 rings (SSSR count). The fourth-order valence-corrected chi connectivity index (χ4v) is 2.17.